The fraction of sp³-hybridized carbons (Fsp3) is 0.929. The van der Waals surface area contributed by atoms with Crippen LogP contribution in [0.4, 0.5) is 13.2 Å². The molecule has 0 radical (unpaired) electrons. The van der Waals surface area contributed by atoms with Crippen LogP contribution in [0.25, 0.3) is 0 Å². The number of hydrogen-bond acceptors (Lipinski definition) is 3. The summed E-state index contributed by atoms with van der Waals surface area (Å²) in [6.07, 6.45) is -2.70. The van der Waals surface area contributed by atoms with Gasteiger partial charge >= 0.3 is 6.18 Å². The predicted octanol–water partition coefficient (Wildman–Crippen LogP) is 1.57. The summed E-state index contributed by atoms with van der Waals surface area (Å²) in [4.78, 5) is 18.1. The summed E-state index contributed by atoms with van der Waals surface area (Å²) in [5, 5.41) is 0. The van der Waals surface area contributed by atoms with E-state index in [2.05, 4.69) is 4.90 Å². The van der Waals surface area contributed by atoms with E-state index in [1.807, 2.05) is 16.7 Å². The van der Waals surface area contributed by atoms with Crippen LogP contribution in [0.1, 0.15) is 26.2 Å². The molecule has 0 aromatic carbocycles. The van der Waals surface area contributed by atoms with Gasteiger partial charge in [0.25, 0.3) is 0 Å². The summed E-state index contributed by atoms with van der Waals surface area (Å²) in [5.41, 5.74) is 0. The fourth-order valence-corrected chi connectivity index (χ4v) is 3.02. The molecule has 2 aliphatic rings. The van der Waals surface area contributed by atoms with Crippen molar-refractivity contribution in [2.75, 3.05) is 45.8 Å². The van der Waals surface area contributed by atoms with Crippen molar-refractivity contribution in [3.63, 3.8) is 0 Å². The second-order valence-electron chi connectivity index (χ2n) is 5.95. The molecule has 122 valence electrons. The van der Waals surface area contributed by atoms with Crippen molar-refractivity contribution < 1.29 is 18.0 Å². The Kier molecular flexibility index (Phi) is 5.48. The highest BCUT2D eigenvalue weighted by atomic mass is 19.4. The Hall–Kier alpha value is -0.820. The average molecular weight is 307 g/mol. The summed E-state index contributed by atoms with van der Waals surface area (Å²) >= 11 is 0. The molecule has 4 nitrogen and oxygen atoms in total. The molecule has 2 heterocycles. The highest BCUT2D eigenvalue weighted by molar-refractivity contribution is 5.81. The van der Waals surface area contributed by atoms with E-state index in [0.717, 1.165) is 25.9 Å². The molecule has 0 aliphatic carbocycles. The number of amides is 1. The summed E-state index contributed by atoms with van der Waals surface area (Å²) in [5.74, 6) is 0.163. The molecule has 0 bridgehead atoms. The number of halogens is 3. The zero-order valence-corrected chi connectivity index (χ0v) is 12.5. The number of nitrogens with zero attached hydrogens (tertiary/aromatic N) is 3. The van der Waals surface area contributed by atoms with Crippen molar-refractivity contribution in [3.8, 4) is 0 Å². The normalized spacial score (nSPS) is 23.5. The average Bonchev–Trinajstić information content (AvgIpc) is 2.97. The van der Waals surface area contributed by atoms with Crippen molar-refractivity contribution >= 4 is 5.91 Å². The highest BCUT2D eigenvalue weighted by Gasteiger charge is 2.32. The highest BCUT2D eigenvalue weighted by Crippen LogP contribution is 2.20. The standard InChI is InChI=1S/C14H24F3N3O/c1-12(13(21)20-5-2-3-6-20)19-10-8-18(9-11-19)7-4-14(15,16)17/h12H,2-11H2,1H3/t12-/m0/s1. The van der Waals surface area contributed by atoms with E-state index in [0.29, 0.717) is 26.2 Å². The predicted molar refractivity (Wildman–Crippen MR) is 74.0 cm³/mol. The first-order valence-electron chi connectivity index (χ1n) is 7.69. The van der Waals surface area contributed by atoms with Crippen LogP contribution in [0, 0.1) is 0 Å². The van der Waals surface area contributed by atoms with Crippen LogP contribution in [-0.2, 0) is 4.79 Å². The Morgan fingerprint density at radius 3 is 2.14 bits per heavy atom. The summed E-state index contributed by atoms with van der Waals surface area (Å²) in [7, 11) is 0. The number of carbonyl (C=O) groups is 1. The quantitative estimate of drug-likeness (QED) is 0.789. The van der Waals surface area contributed by atoms with Crippen molar-refractivity contribution in [1.29, 1.82) is 0 Å². The number of piperazine rings is 1. The zero-order chi connectivity index (χ0) is 15.5. The lowest BCUT2D eigenvalue weighted by Crippen LogP contribution is -2.54. The minimum atomic E-state index is -4.09. The summed E-state index contributed by atoms with van der Waals surface area (Å²) < 4.78 is 36.6. The largest absolute Gasteiger partial charge is 0.390 e. The van der Waals surface area contributed by atoms with E-state index in [9.17, 15) is 18.0 Å². The number of hydrogen-bond donors (Lipinski definition) is 0. The Morgan fingerprint density at radius 1 is 1.05 bits per heavy atom. The minimum Gasteiger partial charge on any atom is -0.341 e. The van der Waals surface area contributed by atoms with Gasteiger partial charge in [-0.25, -0.2) is 0 Å². The molecule has 2 aliphatic heterocycles. The minimum absolute atomic E-state index is 0.0613. The first kappa shape index (κ1) is 16.5. The first-order valence-corrected chi connectivity index (χ1v) is 7.69. The number of carbonyl (C=O) groups excluding carboxylic acids is 1. The maximum absolute atomic E-state index is 12.3. The van der Waals surface area contributed by atoms with E-state index in [-0.39, 0.29) is 18.5 Å². The maximum Gasteiger partial charge on any atom is 0.390 e. The monoisotopic (exact) mass is 307 g/mol. The van der Waals surface area contributed by atoms with Gasteiger partial charge in [0, 0.05) is 45.8 Å². The molecular formula is C14H24F3N3O. The van der Waals surface area contributed by atoms with Crippen molar-refractivity contribution in [3.05, 3.63) is 0 Å². The second-order valence-corrected chi connectivity index (χ2v) is 5.95. The van der Waals surface area contributed by atoms with Gasteiger partial charge < -0.3 is 9.80 Å². The second kappa shape index (κ2) is 6.96. The van der Waals surface area contributed by atoms with Crippen LogP contribution in [0.2, 0.25) is 0 Å². The number of likely N-dealkylation sites (tertiary alicyclic amines) is 1. The molecule has 0 saturated carbocycles. The lowest BCUT2D eigenvalue weighted by atomic mass is 10.2. The fourth-order valence-electron chi connectivity index (χ4n) is 3.02. The molecule has 1 atom stereocenters. The van der Waals surface area contributed by atoms with Crippen LogP contribution in [0.3, 0.4) is 0 Å². The van der Waals surface area contributed by atoms with Gasteiger partial charge in [-0.15, -0.1) is 0 Å². The molecule has 2 rings (SSSR count). The van der Waals surface area contributed by atoms with Crippen LogP contribution in [-0.4, -0.2) is 78.6 Å². The Morgan fingerprint density at radius 2 is 1.62 bits per heavy atom. The van der Waals surface area contributed by atoms with E-state index in [4.69, 9.17) is 0 Å². The summed E-state index contributed by atoms with van der Waals surface area (Å²) in [6, 6.07) is -0.159. The topological polar surface area (TPSA) is 26.8 Å². The van der Waals surface area contributed by atoms with Gasteiger partial charge in [0.2, 0.25) is 5.91 Å². The van der Waals surface area contributed by atoms with Gasteiger partial charge in [-0.1, -0.05) is 0 Å². The molecule has 7 heteroatoms. The van der Waals surface area contributed by atoms with Crippen molar-refractivity contribution in [2.24, 2.45) is 0 Å². The lowest BCUT2D eigenvalue weighted by molar-refractivity contribution is -0.140. The third-order valence-electron chi connectivity index (χ3n) is 4.44. The first-order chi connectivity index (χ1) is 9.87. The van der Waals surface area contributed by atoms with Crippen LogP contribution >= 0.6 is 0 Å². The van der Waals surface area contributed by atoms with E-state index in [1.54, 1.807) is 0 Å². The van der Waals surface area contributed by atoms with Gasteiger partial charge in [0.15, 0.2) is 0 Å². The van der Waals surface area contributed by atoms with E-state index >= 15 is 0 Å². The lowest BCUT2D eigenvalue weighted by Gasteiger charge is -2.38. The van der Waals surface area contributed by atoms with Gasteiger partial charge in [0.1, 0.15) is 0 Å². The van der Waals surface area contributed by atoms with E-state index in [1.165, 1.54) is 0 Å². The van der Waals surface area contributed by atoms with Crippen LogP contribution in [0.5, 0.6) is 0 Å². The Balaban J connectivity index is 1.74. The van der Waals surface area contributed by atoms with Gasteiger partial charge in [-0.3, -0.25) is 9.69 Å². The molecular weight excluding hydrogens is 283 g/mol. The Bertz CT molecular complexity index is 348. The van der Waals surface area contributed by atoms with Gasteiger partial charge in [-0.2, -0.15) is 13.2 Å². The smallest absolute Gasteiger partial charge is 0.341 e. The molecule has 21 heavy (non-hydrogen) atoms. The molecule has 1 amide bonds. The molecule has 0 aromatic rings. The maximum atomic E-state index is 12.3. The molecule has 2 fully saturated rings. The molecule has 2 saturated heterocycles. The number of rotatable bonds is 4. The Labute approximate surface area is 123 Å². The van der Waals surface area contributed by atoms with Crippen LogP contribution in [0.15, 0.2) is 0 Å². The molecule has 0 N–H and O–H groups in total. The number of alkyl halides is 3. The van der Waals surface area contributed by atoms with E-state index < -0.39 is 12.6 Å². The van der Waals surface area contributed by atoms with Gasteiger partial charge in [0.05, 0.1) is 12.5 Å². The van der Waals surface area contributed by atoms with Crippen molar-refractivity contribution in [1.82, 2.24) is 14.7 Å². The molecule has 0 unspecified atom stereocenters. The van der Waals surface area contributed by atoms with Crippen molar-refractivity contribution in [2.45, 2.75) is 38.4 Å². The summed E-state index contributed by atoms with van der Waals surface area (Å²) in [6.45, 7) is 6.19. The SMILES string of the molecule is C[C@@H](C(=O)N1CCCC1)N1CCN(CCC(F)(F)F)CC1. The third kappa shape index (κ3) is 4.85. The van der Waals surface area contributed by atoms with Gasteiger partial charge in [-0.05, 0) is 19.8 Å². The molecule has 0 spiro atoms. The third-order valence-corrected chi connectivity index (χ3v) is 4.44. The molecule has 0 aromatic heterocycles. The van der Waals surface area contributed by atoms with Crippen LogP contribution < -0.4 is 0 Å². The zero-order valence-electron chi connectivity index (χ0n) is 12.5.